The maximum absolute atomic E-state index is 12.8. The summed E-state index contributed by atoms with van der Waals surface area (Å²) in [7, 11) is 0. The Morgan fingerprint density at radius 3 is 2.50 bits per heavy atom. The van der Waals surface area contributed by atoms with Crippen LogP contribution in [0.4, 0.5) is 17.6 Å². The third kappa shape index (κ3) is 2.45. The fourth-order valence-electron chi connectivity index (χ4n) is 1.80. The van der Waals surface area contributed by atoms with Crippen molar-refractivity contribution < 1.29 is 22.4 Å². The minimum atomic E-state index is -4.60. The van der Waals surface area contributed by atoms with E-state index in [1.54, 1.807) is 0 Å². The molecule has 1 aliphatic heterocycles. The molecule has 0 spiro atoms. The summed E-state index contributed by atoms with van der Waals surface area (Å²) in [5, 5.41) is 0. The first-order chi connectivity index (χ1) is 7.26. The van der Waals surface area contributed by atoms with E-state index >= 15 is 0 Å². The molecule has 1 saturated heterocycles. The average molecular weight is 242 g/mol. The number of alkyl halides is 4. The SMILES string of the molecule is CC1CC(N)CCN1C(=O)C(F)(F)C(F)F. The topological polar surface area (TPSA) is 46.3 Å². The molecule has 1 fully saturated rings. The van der Waals surface area contributed by atoms with Crippen LogP contribution in [0.2, 0.25) is 0 Å². The van der Waals surface area contributed by atoms with Gasteiger partial charge in [0.15, 0.2) is 0 Å². The molecule has 1 aliphatic rings. The number of nitrogens with two attached hydrogens (primary N) is 1. The van der Waals surface area contributed by atoms with Gasteiger partial charge in [-0.05, 0) is 19.8 Å². The van der Waals surface area contributed by atoms with E-state index in [0.717, 1.165) is 4.90 Å². The monoisotopic (exact) mass is 242 g/mol. The third-order valence-electron chi connectivity index (χ3n) is 2.74. The van der Waals surface area contributed by atoms with Gasteiger partial charge in [0.05, 0.1) is 0 Å². The van der Waals surface area contributed by atoms with Crippen LogP contribution in [0.3, 0.4) is 0 Å². The Morgan fingerprint density at radius 2 is 2.06 bits per heavy atom. The van der Waals surface area contributed by atoms with Gasteiger partial charge in [-0.3, -0.25) is 4.79 Å². The molecular weight excluding hydrogens is 228 g/mol. The van der Waals surface area contributed by atoms with Gasteiger partial charge in [-0.2, -0.15) is 8.78 Å². The second-order valence-corrected chi connectivity index (χ2v) is 4.06. The maximum atomic E-state index is 12.8. The summed E-state index contributed by atoms with van der Waals surface area (Å²) in [6.07, 6.45) is -3.26. The van der Waals surface area contributed by atoms with Crippen LogP contribution >= 0.6 is 0 Å². The molecule has 2 atom stereocenters. The highest BCUT2D eigenvalue weighted by molar-refractivity contribution is 5.84. The lowest BCUT2D eigenvalue weighted by Crippen LogP contribution is -2.55. The lowest BCUT2D eigenvalue weighted by molar-refractivity contribution is -0.183. The standard InChI is InChI=1S/C9H14F4N2O/c1-5-4-6(14)2-3-15(5)8(16)9(12,13)7(10)11/h5-7H,2-4,14H2,1H3. The summed E-state index contributed by atoms with van der Waals surface area (Å²) in [5.41, 5.74) is 5.58. The number of rotatable bonds is 2. The molecule has 16 heavy (non-hydrogen) atoms. The Labute approximate surface area is 90.6 Å². The van der Waals surface area contributed by atoms with Gasteiger partial charge < -0.3 is 10.6 Å². The average Bonchev–Trinajstić information content (AvgIpc) is 2.16. The number of carbonyl (C=O) groups is 1. The quantitative estimate of drug-likeness (QED) is 0.740. The Hall–Kier alpha value is -0.850. The lowest BCUT2D eigenvalue weighted by atomic mass is 9.98. The lowest BCUT2D eigenvalue weighted by Gasteiger charge is -2.37. The van der Waals surface area contributed by atoms with Crippen LogP contribution < -0.4 is 5.73 Å². The van der Waals surface area contributed by atoms with Gasteiger partial charge in [0.2, 0.25) is 0 Å². The van der Waals surface area contributed by atoms with Crippen LogP contribution in [-0.4, -0.2) is 41.8 Å². The van der Waals surface area contributed by atoms with Crippen molar-refractivity contribution in [3.8, 4) is 0 Å². The fourth-order valence-corrected chi connectivity index (χ4v) is 1.80. The second kappa shape index (κ2) is 4.57. The largest absolute Gasteiger partial charge is 0.383 e. The summed E-state index contributed by atoms with van der Waals surface area (Å²) in [6.45, 7) is 1.53. The number of hydrogen-bond donors (Lipinski definition) is 1. The summed E-state index contributed by atoms with van der Waals surface area (Å²) in [5.74, 6) is -6.41. The molecule has 2 unspecified atom stereocenters. The van der Waals surface area contributed by atoms with E-state index in [1.807, 2.05) is 0 Å². The van der Waals surface area contributed by atoms with Crippen molar-refractivity contribution in [2.45, 2.75) is 44.2 Å². The molecule has 0 saturated carbocycles. The highest BCUT2D eigenvalue weighted by atomic mass is 19.3. The van der Waals surface area contributed by atoms with Crippen molar-refractivity contribution in [1.82, 2.24) is 4.90 Å². The van der Waals surface area contributed by atoms with Gasteiger partial charge in [0.1, 0.15) is 0 Å². The zero-order valence-corrected chi connectivity index (χ0v) is 8.80. The van der Waals surface area contributed by atoms with Crippen LogP contribution in [0.5, 0.6) is 0 Å². The van der Waals surface area contributed by atoms with E-state index in [9.17, 15) is 22.4 Å². The molecule has 0 aromatic rings. The Bertz CT molecular complexity index is 272. The zero-order chi connectivity index (χ0) is 12.5. The molecule has 94 valence electrons. The van der Waals surface area contributed by atoms with Crippen molar-refractivity contribution in [2.75, 3.05) is 6.54 Å². The van der Waals surface area contributed by atoms with Gasteiger partial charge in [0, 0.05) is 18.6 Å². The minimum absolute atomic E-state index is 0.00345. The number of piperidine rings is 1. The number of hydrogen-bond acceptors (Lipinski definition) is 2. The normalized spacial score (nSPS) is 27.3. The second-order valence-electron chi connectivity index (χ2n) is 4.06. The smallest absolute Gasteiger partial charge is 0.334 e. The number of halogens is 4. The molecule has 3 nitrogen and oxygen atoms in total. The molecule has 0 aliphatic carbocycles. The number of amides is 1. The van der Waals surface area contributed by atoms with Gasteiger partial charge in [-0.25, -0.2) is 8.78 Å². The molecule has 1 heterocycles. The summed E-state index contributed by atoms with van der Waals surface area (Å²) >= 11 is 0. The number of likely N-dealkylation sites (tertiary alicyclic amines) is 1. The molecule has 0 aromatic heterocycles. The Kier molecular flexibility index (Phi) is 3.77. The third-order valence-corrected chi connectivity index (χ3v) is 2.74. The van der Waals surface area contributed by atoms with Crippen molar-refractivity contribution >= 4 is 5.91 Å². The predicted molar refractivity (Wildman–Crippen MR) is 49.3 cm³/mol. The van der Waals surface area contributed by atoms with Crippen molar-refractivity contribution in [3.05, 3.63) is 0 Å². The summed E-state index contributed by atoms with van der Waals surface area (Å²) < 4.78 is 49.6. The van der Waals surface area contributed by atoms with Crippen LogP contribution in [0, 0.1) is 0 Å². The van der Waals surface area contributed by atoms with Gasteiger partial charge in [0.25, 0.3) is 5.91 Å². The number of carbonyl (C=O) groups excluding carboxylic acids is 1. The van der Waals surface area contributed by atoms with E-state index in [2.05, 4.69) is 0 Å². The molecular formula is C9H14F4N2O. The van der Waals surface area contributed by atoms with Gasteiger partial charge >= 0.3 is 12.3 Å². The first kappa shape index (κ1) is 13.2. The molecule has 0 bridgehead atoms. The van der Waals surface area contributed by atoms with E-state index in [-0.39, 0.29) is 12.6 Å². The molecule has 0 radical (unpaired) electrons. The Morgan fingerprint density at radius 1 is 1.50 bits per heavy atom. The molecule has 7 heteroatoms. The predicted octanol–water partition coefficient (Wildman–Crippen LogP) is 1.22. The summed E-state index contributed by atoms with van der Waals surface area (Å²) in [4.78, 5) is 12.0. The highest BCUT2D eigenvalue weighted by Gasteiger charge is 2.52. The van der Waals surface area contributed by atoms with Gasteiger partial charge in [-0.15, -0.1) is 0 Å². The molecule has 1 rings (SSSR count). The van der Waals surface area contributed by atoms with Crippen molar-refractivity contribution in [2.24, 2.45) is 5.73 Å². The first-order valence-corrected chi connectivity index (χ1v) is 4.99. The Balaban J connectivity index is 2.74. The molecule has 2 N–H and O–H groups in total. The van der Waals surface area contributed by atoms with Crippen LogP contribution in [-0.2, 0) is 4.79 Å². The molecule has 0 aromatic carbocycles. The minimum Gasteiger partial charge on any atom is -0.334 e. The van der Waals surface area contributed by atoms with E-state index in [1.165, 1.54) is 6.92 Å². The van der Waals surface area contributed by atoms with Crippen LogP contribution in [0.25, 0.3) is 0 Å². The van der Waals surface area contributed by atoms with E-state index in [4.69, 9.17) is 5.73 Å². The van der Waals surface area contributed by atoms with Crippen molar-refractivity contribution in [1.29, 1.82) is 0 Å². The first-order valence-electron chi connectivity index (χ1n) is 4.99. The van der Waals surface area contributed by atoms with E-state index in [0.29, 0.717) is 12.8 Å². The van der Waals surface area contributed by atoms with Gasteiger partial charge in [-0.1, -0.05) is 0 Å². The van der Waals surface area contributed by atoms with E-state index < -0.39 is 24.3 Å². The maximum Gasteiger partial charge on any atom is 0.383 e. The highest BCUT2D eigenvalue weighted by Crippen LogP contribution is 2.28. The van der Waals surface area contributed by atoms with Crippen LogP contribution in [0.1, 0.15) is 19.8 Å². The summed E-state index contributed by atoms with van der Waals surface area (Å²) in [6, 6.07) is -0.694. The van der Waals surface area contributed by atoms with Crippen molar-refractivity contribution in [3.63, 3.8) is 0 Å². The fraction of sp³-hybridized carbons (Fsp3) is 0.889. The molecule has 1 amide bonds. The zero-order valence-electron chi connectivity index (χ0n) is 8.80. The van der Waals surface area contributed by atoms with Crippen LogP contribution in [0.15, 0.2) is 0 Å². The number of nitrogens with zero attached hydrogens (tertiary/aromatic N) is 1.